The summed E-state index contributed by atoms with van der Waals surface area (Å²) in [5.41, 5.74) is 8.06. The van der Waals surface area contributed by atoms with Gasteiger partial charge in [-0.15, -0.1) is 0 Å². The highest BCUT2D eigenvalue weighted by Crippen LogP contribution is 2.41. The fourth-order valence-corrected chi connectivity index (χ4v) is 4.86. The number of piperidine rings is 1. The van der Waals surface area contributed by atoms with Crippen molar-refractivity contribution in [2.24, 2.45) is 11.1 Å². The van der Waals surface area contributed by atoms with Crippen LogP contribution >= 0.6 is 23.2 Å². The minimum atomic E-state index is -0.583. The summed E-state index contributed by atoms with van der Waals surface area (Å²) in [5.74, 6) is 0.209. The molecular weight excluding hydrogens is 430 g/mol. The number of hydrogen-bond donors (Lipinski definition) is 1. The van der Waals surface area contributed by atoms with Gasteiger partial charge in [-0.05, 0) is 31.9 Å². The largest absolute Gasteiger partial charge is 0.376 e. The maximum Gasteiger partial charge on any atom is 0.181 e. The molecule has 2 aliphatic rings. The third kappa shape index (κ3) is 3.05. The van der Waals surface area contributed by atoms with Crippen LogP contribution in [0.5, 0.6) is 0 Å². The summed E-state index contributed by atoms with van der Waals surface area (Å²) in [5, 5.41) is 4.27. The molecule has 10 heteroatoms. The van der Waals surface area contributed by atoms with Gasteiger partial charge in [0.15, 0.2) is 5.65 Å². The van der Waals surface area contributed by atoms with Crippen molar-refractivity contribution in [3.63, 3.8) is 0 Å². The Labute approximate surface area is 182 Å². The Bertz CT molecular complexity index is 1110. The Morgan fingerprint density at radius 1 is 1.20 bits per heavy atom. The molecule has 1 aromatic carbocycles. The summed E-state index contributed by atoms with van der Waals surface area (Å²) >= 11 is 12.2. The van der Waals surface area contributed by atoms with E-state index in [0.717, 1.165) is 38.4 Å². The van der Waals surface area contributed by atoms with Crippen molar-refractivity contribution in [1.29, 1.82) is 0 Å². The van der Waals surface area contributed by atoms with E-state index in [1.807, 2.05) is 6.92 Å². The number of nitrogens with two attached hydrogens (primary N) is 1. The maximum atomic E-state index is 13.6. The molecule has 1 spiro atoms. The number of aromatic nitrogens is 4. The van der Waals surface area contributed by atoms with Crippen LogP contribution in [0.4, 0.5) is 10.2 Å². The average molecular weight is 451 g/mol. The van der Waals surface area contributed by atoms with E-state index in [1.165, 1.54) is 16.8 Å². The van der Waals surface area contributed by atoms with Crippen molar-refractivity contribution in [2.75, 3.05) is 24.6 Å². The van der Waals surface area contributed by atoms with Crippen molar-refractivity contribution in [3.05, 3.63) is 40.4 Å². The van der Waals surface area contributed by atoms with Gasteiger partial charge >= 0.3 is 0 Å². The van der Waals surface area contributed by atoms with Crippen molar-refractivity contribution >= 4 is 40.2 Å². The van der Waals surface area contributed by atoms with Crippen LogP contribution in [0.3, 0.4) is 0 Å². The average Bonchev–Trinajstić information content (AvgIpc) is 3.29. The van der Waals surface area contributed by atoms with E-state index >= 15 is 0 Å². The lowest BCUT2D eigenvalue weighted by molar-refractivity contribution is 0.0974. The van der Waals surface area contributed by atoms with Gasteiger partial charge in [-0.2, -0.15) is 5.10 Å². The van der Waals surface area contributed by atoms with Gasteiger partial charge in [-0.3, -0.25) is 0 Å². The Balaban J connectivity index is 1.41. The quantitative estimate of drug-likeness (QED) is 0.600. The molecule has 2 saturated heterocycles. The molecular formula is C20H21Cl2FN6O. The fraction of sp³-hybridized carbons (Fsp3) is 0.450. The molecule has 0 amide bonds. The summed E-state index contributed by atoms with van der Waals surface area (Å²) in [6.45, 7) is 4.46. The molecule has 0 saturated carbocycles. The predicted octanol–water partition coefficient (Wildman–Crippen LogP) is 3.59. The van der Waals surface area contributed by atoms with E-state index < -0.39 is 5.82 Å². The van der Waals surface area contributed by atoms with Gasteiger partial charge in [0.2, 0.25) is 0 Å². The third-order valence-corrected chi connectivity index (χ3v) is 7.28. The lowest BCUT2D eigenvalue weighted by Crippen LogP contribution is -2.50. The van der Waals surface area contributed by atoms with Gasteiger partial charge in [0, 0.05) is 24.5 Å². The highest BCUT2D eigenvalue weighted by molar-refractivity contribution is 6.43. The molecule has 158 valence electrons. The van der Waals surface area contributed by atoms with Crippen molar-refractivity contribution < 1.29 is 9.13 Å². The monoisotopic (exact) mass is 450 g/mol. The van der Waals surface area contributed by atoms with Crippen LogP contribution in [-0.2, 0) is 4.74 Å². The first-order valence-corrected chi connectivity index (χ1v) is 10.6. The van der Waals surface area contributed by atoms with Gasteiger partial charge in [-0.25, -0.2) is 19.0 Å². The first-order chi connectivity index (χ1) is 14.4. The molecule has 4 heterocycles. The summed E-state index contributed by atoms with van der Waals surface area (Å²) in [6, 6.07) is 2.84. The maximum absolute atomic E-state index is 13.6. The Kier molecular flexibility index (Phi) is 4.85. The lowest BCUT2D eigenvalue weighted by Gasteiger charge is -2.41. The van der Waals surface area contributed by atoms with Gasteiger partial charge in [0.05, 0.1) is 40.8 Å². The molecule has 2 aliphatic heterocycles. The summed E-state index contributed by atoms with van der Waals surface area (Å²) < 4.78 is 21.0. The van der Waals surface area contributed by atoms with Crippen LogP contribution in [0.15, 0.2) is 24.5 Å². The fourth-order valence-electron chi connectivity index (χ4n) is 4.47. The van der Waals surface area contributed by atoms with Crippen LogP contribution in [0.1, 0.15) is 19.8 Å². The molecule has 30 heavy (non-hydrogen) atoms. The van der Waals surface area contributed by atoms with Gasteiger partial charge in [0.25, 0.3) is 0 Å². The van der Waals surface area contributed by atoms with Crippen LogP contribution in [-0.4, -0.2) is 51.6 Å². The van der Waals surface area contributed by atoms with Crippen LogP contribution < -0.4 is 10.6 Å². The van der Waals surface area contributed by atoms with Crippen LogP contribution in [0.2, 0.25) is 10.0 Å². The number of benzene rings is 1. The van der Waals surface area contributed by atoms with Crippen molar-refractivity contribution in [1.82, 2.24) is 19.7 Å². The number of fused-ring (bicyclic) bond motifs is 1. The second kappa shape index (κ2) is 7.30. The molecule has 0 unspecified atom stereocenters. The van der Waals surface area contributed by atoms with E-state index in [-0.39, 0.29) is 27.6 Å². The zero-order chi connectivity index (χ0) is 21.0. The first kappa shape index (κ1) is 19.9. The van der Waals surface area contributed by atoms with E-state index in [1.54, 1.807) is 12.4 Å². The van der Waals surface area contributed by atoms with E-state index in [4.69, 9.17) is 38.7 Å². The van der Waals surface area contributed by atoms with Gasteiger partial charge < -0.3 is 15.4 Å². The molecule has 2 fully saturated rings. The molecule has 0 radical (unpaired) electrons. The third-order valence-electron chi connectivity index (χ3n) is 6.44. The standard InChI is InChI=1S/C20H21Cl2FN6O/c1-11-18(24)20(10-30-11)4-6-28(7-5-20)15-9-25-19-13(27-15)8-26-29(19)14-3-2-12(23)16(21)17(14)22/h2-3,8-9,11,18H,4-7,10,24H2,1H3/t11-,18+/m0/s1. The predicted molar refractivity (Wildman–Crippen MR) is 114 cm³/mol. The lowest BCUT2D eigenvalue weighted by atomic mass is 9.73. The highest BCUT2D eigenvalue weighted by Gasteiger charge is 2.47. The van der Waals surface area contributed by atoms with Crippen LogP contribution in [0.25, 0.3) is 16.9 Å². The Morgan fingerprint density at radius 2 is 1.97 bits per heavy atom. The zero-order valence-corrected chi connectivity index (χ0v) is 17.9. The number of anilines is 1. The number of rotatable bonds is 2. The van der Waals surface area contributed by atoms with Gasteiger partial charge in [0.1, 0.15) is 17.2 Å². The normalized spacial score (nSPS) is 23.6. The van der Waals surface area contributed by atoms with E-state index in [0.29, 0.717) is 16.9 Å². The molecule has 2 N–H and O–H groups in total. The smallest absolute Gasteiger partial charge is 0.181 e. The molecule has 2 atom stereocenters. The summed E-state index contributed by atoms with van der Waals surface area (Å²) in [4.78, 5) is 11.5. The van der Waals surface area contributed by atoms with Gasteiger partial charge in [-0.1, -0.05) is 23.2 Å². The van der Waals surface area contributed by atoms with Crippen LogP contribution in [0, 0.1) is 11.2 Å². The molecule has 7 nitrogen and oxygen atoms in total. The molecule has 0 aliphatic carbocycles. The Morgan fingerprint density at radius 3 is 2.67 bits per heavy atom. The van der Waals surface area contributed by atoms with E-state index in [9.17, 15) is 4.39 Å². The number of ether oxygens (including phenoxy) is 1. The highest BCUT2D eigenvalue weighted by atomic mass is 35.5. The minimum Gasteiger partial charge on any atom is -0.376 e. The summed E-state index contributed by atoms with van der Waals surface area (Å²) in [6.07, 6.45) is 5.37. The molecule has 3 aromatic rings. The number of hydrogen-bond acceptors (Lipinski definition) is 6. The van der Waals surface area contributed by atoms with Crippen molar-refractivity contribution in [3.8, 4) is 5.69 Å². The molecule has 2 aromatic heterocycles. The zero-order valence-electron chi connectivity index (χ0n) is 16.4. The minimum absolute atomic E-state index is 0.0525. The second-order valence-corrected chi connectivity index (χ2v) is 8.84. The topological polar surface area (TPSA) is 82.1 Å². The molecule has 0 bridgehead atoms. The SMILES string of the molecule is C[C@@H]1OCC2(CCN(c3cnc4c(cnn4-c4ccc(F)c(Cl)c4Cl)n3)CC2)[C@@H]1N. The first-order valence-electron chi connectivity index (χ1n) is 9.86. The second-order valence-electron chi connectivity index (χ2n) is 8.08. The van der Waals surface area contributed by atoms with Crippen molar-refractivity contribution in [2.45, 2.75) is 31.9 Å². The molecule has 5 rings (SSSR count). The number of nitrogens with zero attached hydrogens (tertiary/aromatic N) is 5. The Hall–Kier alpha value is -2.00. The summed E-state index contributed by atoms with van der Waals surface area (Å²) in [7, 11) is 0. The van der Waals surface area contributed by atoms with E-state index in [2.05, 4.69) is 15.0 Å². The number of halogens is 3.